The molecule has 0 spiro atoms. The lowest BCUT2D eigenvalue weighted by atomic mass is 9.85. The maximum Gasteiger partial charge on any atom is -0.00266 e. The summed E-state index contributed by atoms with van der Waals surface area (Å²) in [5, 5.41) is 4.98. The Morgan fingerprint density at radius 1 is 0.625 bits per heavy atom. The first-order valence-electron chi connectivity index (χ1n) is 11.9. The maximum absolute atomic E-state index is 4.03. The van der Waals surface area contributed by atoms with Gasteiger partial charge >= 0.3 is 0 Å². The molecule has 0 heteroatoms. The molecule has 0 aliphatic heterocycles. The Bertz CT molecular complexity index is 1010. The summed E-state index contributed by atoms with van der Waals surface area (Å²) in [5.74, 6) is 0. The normalized spacial score (nSPS) is 11.0. The van der Waals surface area contributed by atoms with E-state index in [9.17, 15) is 0 Å². The van der Waals surface area contributed by atoms with Crippen LogP contribution in [0.1, 0.15) is 66.5 Å². The predicted octanol–water partition coefficient (Wildman–Crippen LogP) is 10.8. The smallest absolute Gasteiger partial charge is 0.00266 e. The van der Waals surface area contributed by atoms with Crippen LogP contribution in [-0.4, -0.2) is 0 Å². The Morgan fingerprint density at radius 3 is 1.28 bits per heavy atom. The first-order chi connectivity index (χ1) is 15.8. The van der Waals surface area contributed by atoms with Crippen molar-refractivity contribution in [3.63, 3.8) is 0 Å². The van der Waals surface area contributed by atoms with Gasteiger partial charge in [-0.15, -0.1) is 0 Å². The van der Waals surface area contributed by atoms with E-state index in [0.717, 1.165) is 5.57 Å². The van der Waals surface area contributed by atoms with E-state index >= 15 is 0 Å². The Balaban J connectivity index is 0.00000148. The van der Waals surface area contributed by atoms with E-state index in [2.05, 4.69) is 93.8 Å². The van der Waals surface area contributed by atoms with Gasteiger partial charge in [0.15, 0.2) is 0 Å². The summed E-state index contributed by atoms with van der Waals surface area (Å²) < 4.78 is 0. The van der Waals surface area contributed by atoms with Gasteiger partial charge in [-0.05, 0) is 57.7 Å². The number of hydrogen-bond acceptors (Lipinski definition) is 0. The third-order valence-corrected chi connectivity index (χ3v) is 4.68. The molecule has 0 radical (unpaired) electrons. The molecule has 0 atom stereocenters. The lowest BCUT2D eigenvalue weighted by Gasteiger charge is -2.18. The van der Waals surface area contributed by atoms with Gasteiger partial charge in [0.05, 0.1) is 0 Å². The van der Waals surface area contributed by atoms with Crippen LogP contribution in [0.3, 0.4) is 0 Å². The van der Waals surface area contributed by atoms with E-state index in [0.29, 0.717) is 0 Å². The SMILES string of the molecule is C=C/C=C(\C=C)c1c2ccccc2c(C(/C=C\C)=C/C)c2ccccc12.CC.CC.CC. The van der Waals surface area contributed by atoms with E-state index in [1.54, 1.807) is 0 Å². The molecule has 0 saturated carbocycles. The van der Waals surface area contributed by atoms with E-state index in [1.165, 1.54) is 38.2 Å². The van der Waals surface area contributed by atoms with Gasteiger partial charge < -0.3 is 0 Å². The van der Waals surface area contributed by atoms with Crippen molar-refractivity contribution >= 4 is 32.7 Å². The van der Waals surface area contributed by atoms with Gasteiger partial charge in [-0.1, -0.05) is 140 Å². The highest BCUT2D eigenvalue weighted by Crippen LogP contribution is 2.40. The summed E-state index contributed by atoms with van der Waals surface area (Å²) in [6.45, 7) is 24.1. The fourth-order valence-corrected chi connectivity index (χ4v) is 3.63. The van der Waals surface area contributed by atoms with Crippen molar-refractivity contribution in [3.05, 3.63) is 109 Å². The number of rotatable bonds is 5. The minimum atomic E-state index is 1.09. The molecule has 0 aliphatic carbocycles. The van der Waals surface area contributed by atoms with Crippen LogP contribution in [0.2, 0.25) is 0 Å². The molecule has 0 unspecified atom stereocenters. The van der Waals surface area contributed by atoms with Gasteiger partial charge in [0, 0.05) is 0 Å². The maximum atomic E-state index is 4.03. The summed E-state index contributed by atoms with van der Waals surface area (Å²) >= 11 is 0. The Morgan fingerprint density at radius 2 is 1.00 bits per heavy atom. The van der Waals surface area contributed by atoms with Crippen LogP contribution in [0, 0.1) is 0 Å². The Labute approximate surface area is 197 Å². The first kappa shape index (κ1) is 28.9. The molecule has 3 aromatic rings. The van der Waals surface area contributed by atoms with E-state index in [4.69, 9.17) is 0 Å². The minimum absolute atomic E-state index is 1.09. The van der Waals surface area contributed by atoms with Gasteiger partial charge in [0.2, 0.25) is 0 Å². The van der Waals surface area contributed by atoms with Crippen molar-refractivity contribution < 1.29 is 0 Å². The van der Waals surface area contributed by atoms with Crippen LogP contribution in [0.4, 0.5) is 0 Å². The van der Waals surface area contributed by atoms with Crippen LogP contribution in [-0.2, 0) is 0 Å². The van der Waals surface area contributed by atoms with Crippen LogP contribution in [0.25, 0.3) is 32.7 Å². The van der Waals surface area contributed by atoms with Crippen molar-refractivity contribution in [1.82, 2.24) is 0 Å². The van der Waals surface area contributed by atoms with Crippen LogP contribution >= 0.6 is 0 Å². The standard InChI is InChI=1S/C26H24.3C2H6/c1-5-13-19(7-3)25-21-15-9-11-17-23(21)26(20(8-4)14-6-2)24-18-12-10-16-22(24)25;3*1-2/h5-18H,1,3H2,2,4H3;3*1-2H3/b14-6-,19-13+,20-8+;;;. The van der Waals surface area contributed by atoms with Gasteiger partial charge in [0.25, 0.3) is 0 Å². The van der Waals surface area contributed by atoms with Gasteiger partial charge in [-0.25, -0.2) is 0 Å². The highest BCUT2D eigenvalue weighted by atomic mass is 14.2. The van der Waals surface area contributed by atoms with Gasteiger partial charge in [-0.3, -0.25) is 0 Å². The summed E-state index contributed by atoms with van der Waals surface area (Å²) in [6.07, 6.45) is 12.2. The first-order valence-corrected chi connectivity index (χ1v) is 11.9. The van der Waals surface area contributed by atoms with Crippen molar-refractivity contribution in [2.45, 2.75) is 55.4 Å². The van der Waals surface area contributed by atoms with Gasteiger partial charge in [-0.2, -0.15) is 0 Å². The van der Waals surface area contributed by atoms with E-state index < -0.39 is 0 Å². The molecule has 3 aromatic carbocycles. The van der Waals surface area contributed by atoms with Crippen molar-refractivity contribution in [2.75, 3.05) is 0 Å². The molecule has 0 N–H and O–H groups in total. The molecule has 0 fully saturated rings. The zero-order valence-electron chi connectivity index (χ0n) is 21.5. The average Bonchev–Trinajstić information content (AvgIpc) is 2.88. The zero-order chi connectivity index (χ0) is 24.5. The number of hydrogen-bond donors (Lipinski definition) is 0. The zero-order valence-corrected chi connectivity index (χ0v) is 21.5. The number of fused-ring (bicyclic) bond motifs is 2. The second-order valence-corrected chi connectivity index (χ2v) is 6.15. The van der Waals surface area contributed by atoms with Crippen molar-refractivity contribution in [2.24, 2.45) is 0 Å². The highest BCUT2D eigenvalue weighted by Gasteiger charge is 2.16. The lowest BCUT2D eigenvalue weighted by Crippen LogP contribution is -1.94. The molecule has 0 saturated heterocycles. The fourth-order valence-electron chi connectivity index (χ4n) is 3.63. The Kier molecular flexibility index (Phi) is 14.9. The number of benzene rings is 3. The van der Waals surface area contributed by atoms with Crippen LogP contribution in [0.5, 0.6) is 0 Å². The quantitative estimate of drug-likeness (QED) is 0.281. The molecular weight excluding hydrogens is 384 g/mol. The van der Waals surface area contributed by atoms with Crippen molar-refractivity contribution in [3.8, 4) is 0 Å². The molecule has 3 rings (SSSR count). The third-order valence-electron chi connectivity index (χ3n) is 4.68. The molecule has 0 aliphatic rings. The molecule has 0 aromatic heterocycles. The minimum Gasteiger partial charge on any atom is -0.0990 e. The summed E-state index contributed by atoms with van der Waals surface area (Å²) in [4.78, 5) is 0. The molecule has 170 valence electrons. The van der Waals surface area contributed by atoms with Crippen LogP contribution in [0.15, 0.2) is 98.1 Å². The topological polar surface area (TPSA) is 0 Å². The summed E-state index contributed by atoms with van der Waals surface area (Å²) in [7, 11) is 0. The van der Waals surface area contributed by atoms with E-state index in [1.807, 2.05) is 59.8 Å². The third kappa shape index (κ3) is 6.44. The summed E-state index contributed by atoms with van der Waals surface area (Å²) in [5.41, 5.74) is 4.82. The van der Waals surface area contributed by atoms with Crippen molar-refractivity contribution in [1.29, 1.82) is 0 Å². The molecule has 0 heterocycles. The van der Waals surface area contributed by atoms with E-state index in [-0.39, 0.29) is 0 Å². The van der Waals surface area contributed by atoms with Gasteiger partial charge in [0.1, 0.15) is 0 Å². The second-order valence-electron chi connectivity index (χ2n) is 6.15. The molecule has 32 heavy (non-hydrogen) atoms. The Hall–Kier alpha value is -3.12. The lowest BCUT2D eigenvalue weighted by molar-refractivity contribution is 1.50. The van der Waals surface area contributed by atoms with Crippen LogP contribution < -0.4 is 0 Å². The average molecular weight is 427 g/mol. The number of allylic oxidation sites excluding steroid dienone is 8. The fraction of sp³-hybridized carbons (Fsp3) is 0.250. The molecule has 0 nitrogen and oxygen atoms in total. The predicted molar refractivity (Wildman–Crippen MR) is 152 cm³/mol. The summed E-state index contributed by atoms with van der Waals surface area (Å²) in [6, 6.07) is 17.2. The largest absolute Gasteiger partial charge is 0.0990 e. The highest BCUT2D eigenvalue weighted by molar-refractivity contribution is 6.17. The molecule has 0 amide bonds. The molecule has 0 bridgehead atoms. The monoisotopic (exact) mass is 426 g/mol. The second kappa shape index (κ2) is 16.6. The molecular formula is C32H42.